The summed E-state index contributed by atoms with van der Waals surface area (Å²) in [6, 6.07) is 9.25. The number of carbonyl (C=O) groups excluding carboxylic acids is 1. The van der Waals surface area contributed by atoms with E-state index in [9.17, 15) is 13.6 Å². The first-order valence-electron chi connectivity index (χ1n) is 9.23. The van der Waals surface area contributed by atoms with E-state index in [0.29, 0.717) is 36.3 Å². The highest BCUT2D eigenvalue weighted by Crippen LogP contribution is 2.19. The molecule has 1 unspecified atom stereocenters. The molecule has 2 rings (SSSR count). The van der Waals surface area contributed by atoms with Gasteiger partial charge in [-0.3, -0.25) is 10.0 Å². The van der Waals surface area contributed by atoms with Crippen LogP contribution in [0.25, 0.3) is 0 Å². The Bertz CT molecular complexity index is 799. The molecule has 1 atom stereocenters. The van der Waals surface area contributed by atoms with Crippen molar-refractivity contribution in [3.8, 4) is 5.75 Å². The van der Waals surface area contributed by atoms with Crippen LogP contribution < -0.4 is 15.5 Å². The van der Waals surface area contributed by atoms with E-state index in [1.807, 2.05) is 6.07 Å². The zero-order valence-electron chi connectivity index (χ0n) is 16.1. The summed E-state index contributed by atoms with van der Waals surface area (Å²) in [5, 5.41) is 12.2. The molecule has 0 bridgehead atoms. The third kappa shape index (κ3) is 6.58. The van der Waals surface area contributed by atoms with Crippen molar-refractivity contribution in [2.45, 2.75) is 45.8 Å². The molecule has 0 aliphatic rings. The average Bonchev–Trinajstić information content (AvgIpc) is 2.68. The second kappa shape index (κ2) is 10.7. The van der Waals surface area contributed by atoms with Gasteiger partial charge in [-0.15, -0.1) is 0 Å². The molecule has 28 heavy (non-hydrogen) atoms. The lowest BCUT2D eigenvalue weighted by Gasteiger charge is -2.17. The van der Waals surface area contributed by atoms with Gasteiger partial charge < -0.3 is 10.1 Å². The Morgan fingerprint density at radius 3 is 2.39 bits per heavy atom. The van der Waals surface area contributed by atoms with Gasteiger partial charge in [0.1, 0.15) is 17.4 Å². The number of hydrogen-bond acceptors (Lipinski definition) is 4. The van der Waals surface area contributed by atoms with Gasteiger partial charge in [-0.25, -0.2) is 14.3 Å². The molecule has 0 fully saturated rings. The van der Waals surface area contributed by atoms with Gasteiger partial charge in [0.15, 0.2) is 6.10 Å². The standard InChI is InChI=1S/C21H26F2N2O3/c1-14-11-16(6-8-18(14)22)13-24-10-4-3-5-20(21(26)25-27)28-17-7-9-19(23)15(2)12-17/h6-9,11-12,20,24,27H,3-5,10,13H2,1-2H3,(H,25,26). The van der Waals surface area contributed by atoms with Crippen LogP contribution in [0.1, 0.15) is 36.0 Å². The Morgan fingerprint density at radius 2 is 1.75 bits per heavy atom. The van der Waals surface area contributed by atoms with Crippen molar-refractivity contribution >= 4 is 5.91 Å². The van der Waals surface area contributed by atoms with Gasteiger partial charge in [-0.2, -0.15) is 0 Å². The Labute approximate surface area is 163 Å². The number of rotatable bonds is 10. The molecular weight excluding hydrogens is 366 g/mol. The first-order chi connectivity index (χ1) is 13.4. The van der Waals surface area contributed by atoms with E-state index in [1.165, 1.54) is 24.3 Å². The van der Waals surface area contributed by atoms with Crippen molar-refractivity contribution in [3.63, 3.8) is 0 Å². The second-order valence-electron chi connectivity index (χ2n) is 6.75. The largest absolute Gasteiger partial charge is 0.481 e. The second-order valence-corrected chi connectivity index (χ2v) is 6.75. The van der Waals surface area contributed by atoms with Crippen LogP contribution in [0, 0.1) is 25.5 Å². The molecular formula is C21H26F2N2O3. The molecule has 0 saturated heterocycles. The van der Waals surface area contributed by atoms with Crippen molar-refractivity contribution < 1.29 is 23.5 Å². The van der Waals surface area contributed by atoms with Crippen LogP contribution in [0.15, 0.2) is 36.4 Å². The zero-order chi connectivity index (χ0) is 20.5. The minimum absolute atomic E-state index is 0.215. The summed E-state index contributed by atoms with van der Waals surface area (Å²) in [7, 11) is 0. The summed E-state index contributed by atoms with van der Waals surface area (Å²) in [5.74, 6) is -0.833. The highest BCUT2D eigenvalue weighted by atomic mass is 19.1. The number of hydrogen-bond donors (Lipinski definition) is 3. The Morgan fingerprint density at radius 1 is 1.07 bits per heavy atom. The fourth-order valence-corrected chi connectivity index (χ4v) is 2.80. The normalized spacial score (nSPS) is 11.9. The molecule has 0 aliphatic carbocycles. The van der Waals surface area contributed by atoms with E-state index in [-0.39, 0.29) is 11.6 Å². The third-order valence-electron chi connectivity index (χ3n) is 4.43. The van der Waals surface area contributed by atoms with Gasteiger partial charge in [-0.1, -0.05) is 12.1 Å². The molecule has 7 heteroatoms. The van der Waals surface area contributed by atoms with Crippen LogP contribution >= 0.6 is 0 Å². The van der Waals surface area contributed by atoms with Crippen molar-refractivity contribution in [2.24, 2.45) is 0 Å². The molecule has 0 saturated carbocycles. The van der Waals surface area contributed by atoms with E-state index in [0.717, 1.165) is 18.5 Å². The lowest BCUT2D eigenvalue weighted by atomic mass is 10.1. The van der Waals surface area contributed by atoms with E-state index in [1.54, 1.807) is 25.4 Å². The number of nitrogens with one attached hydrogen (secondary N) is 2. The summed E-state index contributed by atoms with van der Waals surface area (Å²) in [6.45, 7) is 4.69. The number of unbranched alkanes of at least 4 members (excludes halogenated alkanes) is 1. The maximum atomic E-state index is 13.3. The van der Waals surface area contributed by atoms with Crippen LogP contribution in [0.2, 0.25) is 0 Å². The molecule has 0 spiro atoms. The van der Waals surface area contributed by atoms with Crippen LogP contribution in [0.3, 0.4) is 0 Å². The molecule has 152 valence electrons. The molecule has 0 aromatic heterocycles. The molecule has 2 aromatic carbocycles. The monoisotopic (exact) mass is 392 g/mol. The average molecular weight is 392 g/mol. The first-order valence-corrected chi connectivity index (χ1v) is 9.23. The number of amides is 1. The number of ether oxygens (including phenoxy) is 1. The topological polar surface area (TPSA) is 70.6 Å². The molecule has 0 radical (unpaired) electrons. The van der Waals surface area contributed by atoms with Crippen LogP contribution in [-0.4, -0.2) is 23.8 Å². The van der Waals surface area contributed by atoms with Gasteiger partial charge in [0.05, 0.1) is 0 Å². The van der Waals surface area contributed by atoms with Gasteiger partial charge in [0, 0.05) is 6.54 Å². The lowest BCUT2D eigenvalue weighted by molar-refractivity contribution is -0.136. The van der Waals surface area contributed by atoms with Gasteiger partial charge >= 0.3 is 0 Å². The van der Waals surface area contributed by atoms with Crippen molar-refractivity contribution in [1.82, 2.24) is 10.8 Å². The molecule has 5 nitrogen and oxygen atoms in total. The first kappa shape index (κ1) is 21.8. The highest BCUT2D eigenvalue weighted by Gasteiger charge is 2.20. The lowest BCUT2D eigenvalue weighted by Crippen LogP contribution is -2.36. The molecule has 3 N–H and O–H groups in total. The summed E-state index contributed by atoms with van der Waals surface area (Å²) in [4.78, 5) is 11.8. The summed E-state index contributed by atoms with van der Waals surface area (Å²) in [5.41, 5.74) is 3.65. The Balaban J connectivity index is 1.76. The fraction of sp³-hybridized carbons (Fsp3) is 0.381. The summed E-state index contributed by atoms with van der Waals surface area (Å²) >= 11 is 0. The predicted molar refractivity (Wildman–Crippen MR) is 102 cm³/mol. The van der Waals surface area contributed by atoms with Crippen molar-refractivity contribution in [3.05, 3.63) is 64.7 Å². The van der Waals surface area contributed by atoms with Crippen LogP contribution in [0.5, 0.6) is 5.75 Å². The number of benzene rings is 2. The Hall–Kier alpha value is -2.51. The molecule has 1 amide bonds. The van der Waals surface area contributed by atoms with Crippen LogP contribution in [-0.2, 0) is 11.3 Å². The van der Waals surface area contributed by atoms with E-state index < -0.39 is 12.0 Å². The molecule has 2 aromatic rings. The van der Waals surface area contributed by atoms with E-state index >= 15 is 0 Å². The van der Waals surface area contributed by atoms with Gasteiger partial charge in [0.25, 0.3) is 5.91 Å². The van der Waals surface area contributed by atoms with Crippen LogP contribution in [0.4, 0.5) is 8.78 Å². The SMILES string of the molecule is Cc1cc(CNCCCCC(Oc2ccc(F)c(C)c2)C(=O)NO)ccc1F. The van der Waals surface area contributed by atoms with Gasteiger partial charge in [-0.05, 0) is 80.6 Å². The fourth-order valence-electron chi connectivity index (χ4n) is 2.80. The quantitative estimate of drug-likeness (QED) is 0.327. The number of hydroxylamine groups is 1. The maximum absolute atomic E-state index is 13.3. The number of halogens is 2. The summed E-state index contributed by atoms with van der Waals surface area (Å²) in [6.07, 6.45) is 1.02. The third-order valence-corrected chi connectivity index (χ3v) is 4.43. The van der Waals surface area contributed by atoms with Gasteiger partial charge in [0.2, 0.25) is 0 Å². The van der Waals surface area contributed by atoms with E-state index in [4.69, 9.17) is 9.94 Å². The highest BCUT2D eigenvalue weighted by molar-refractivity contribution is 5.79. The number of aryl methyl sites for hydroxylation is 2. The number of carbonyl (C=O) groups is 1. The minimum Gasteiger partial charge on any atom is -0.481 e. The van der Waals surface area contributed by atoms with Crippen molar-refractivity contribution in [2.75, 3.05) is 6.54 Å². The summed E-state index contributed by atoms with van der Waals surface area (Å²) < 4.78 is 32.2. The molecule has 0 heterocycles. The van der Waals surface area contributed by atoms with Crippen molar-refractivity contribution in [1.29, 1.82) is 0 Å². The zero-order valence-corrected chi connectivity index (χ0v) is 16.1. The maximum Gasteiger partial charge on any atom is 0.284 e. The Kier molecular flexibility index (Phi) is 8.35. The minimum atomic E-state index is -0.866. The predicted octanol–water partition coefficient (Wildman–Crippen LogP) is 3.79. The van der Waals surface area contributed by atoms with E-state index in [2.05, 4.69) is 5.32 Å². The smallest absolute Gasteiger partial charge is 0.284 e. The molecule has 0 aliphatic heterocycles.